The van der Waals surface area contributed by atoms with Crippen LogP contribution in [0.15, 0.2) is 72.8 Å². The number of nitrogens with one attached hydrogen (secondary N) is 1. The van der Waals surface area contributed by atoms with Crippen molar-refractivity contribution in [2.75, 3.05) is 25.5 Å². The summed E-state index contributed by atoms with van der Waals surface area (Å²) in [6.07, 6.45) is -0.0435. The highest BCUT2D eigenvalue weighted by atomic mass is 16.5. The van der Waals surface area contributed by atoms with E-state index >= 15 is 0 Å². The summed E-state index contributed by atoms with van der Waals surface area (Å²) in [7, 11) is 1.73. The van der Waals surface area contributed by atoms with Gasteiger partial charge >= 0.3 is 0 Å². The number of hydrogen-bond donors (Lipinski definition) is 1. The number of para-hydroxylation sites is 1. The topological polar surface area (TPSA) is 67.9 Å². The van der Waals surface area contributed by atoms with E-state index in [1.807, 2.05) is 55.5 Å². The van der Waals surface area contributed by atoms with Gasteiger partial charge in [0.1, 0.15) is 18.1 Å². The lowest BCUT2D eigenvalue weighted by atomic mass is 10.1. The highest BCUT2D eigenvalue weighted by Gasteiger charge is 2.28. The molecular weight excluding hydrogens is 404 g/mol. The van der Waals surface area contributed by atoms with Crippen molar-refractivity contribution in [2.45, 2.75) is 19.4 Å². The van der Waals surface area contributed by atoms with Gasteiger partial charge in [-0.25, -0.2) is 0 Å². The predicted octanol–water partition coefficient (Wildman–Crippen LogP) is 4.09. The average molecular weight is 431 g/mol. The van der Waals surface area contributed by atoms with Gasteiger partial charge in [0.25, 0.3) is 11.8 Å². The van der Waals surface area contributed by atoms with Crippen LogP contribution in [0, 0.1) is 6.92 Å². The molecule has 0 fully saturated rings. The zero-order chi connectivity index (χ0) is 22.5. The number of carbonyl (C=O) groups is 2. The minimum Gasteiger partial charge on any atom is -0.492 e. The smallest absolute Gasteiger partial charge is 0.265 e. The number of amides is 2. The molecule has 1 aliphatic rings. The van der Waals surface area contributed by atoms with Gasteiger partial charge in [-0.05, 0) is 48.9 Å². The fraction of sp³-hybridized carbons (Fsp3) is 0.231. The molecule has 4 rings (SSSR count). The molecule has 1 atom stereocenters. The van der Waals surface area contributed by atoms with Crippen LogP contribution < -0.4 is 14.8 Å². The summed E-state index contributed by atoms with van der Waals surface area (Å²) in [6, 6.07) is 22.4. The number of ether oxygens (including phenoxy) is 2. The molecule has 0 aliphatic carbocycles. The molecule has 3 aromatic carbocycles. The molecule has 2 amide bonds. The Bertz CT molecular complexity index is 1090. The molecule has 1 heterocycles. The summed E-state index contributed by atoms with van der Waals surface area (Å²) in [6.45, 7) is 2.85. The van der Waals surface area contributed by atoms with Crippen LogP contribution in [0.4, 0.5) is 5.69 Å². The van der Waals surface area contributed by atoms with E-state index in [0.717, 1.165) is 17.1 Å². The lowest BCUT2D eigenvalue weighted by Crippen LogP contribution is -2.32. The van der Waals surface area contributed by atoms with Crippen LogP contribution in [0.25, 0.3) is 0 Å². The number of fused-ring (bicyclic) bond motifs is 1. The predicted molar refractivity (Wildman–Crippen MR) is 123 cm³/mol. The van der Waals surface area contributed by atoms with Crippen LogP contribution in [0.1, 0.15) is 21.5 Å². The first-order valence-electron chi connectivity index (χ1n) is 10.6. The Morgan fingerprint density at radius 3 is 2.62 bits per heavy atom. The molecular formula is C26H26N2O4. The van der Waals surface area contributed by atoms with E-state index in [2.05, 4.69) is 5.32 Å². The molecule has 0 aromatic heterocycles. The Balaban J connectivity index is 1.31. The Hall–Kier alpha value is -3.80. The third kappa shape index (κ3) is 5.09. The van der Waals surface area contributed by atoms with Gasteiger partial charge in [-0.1, -0.05) is 42.0 Å². The van der Waals surface area contributed by atoms with Gasteiger partial charge in [0.2, 0.25) is 0 Å². The summed E-state index contributed by atoms with van der Waals surface area (Å²) in [4.78, 5) is 27.1. The average Bonchev–Trinajstić information content (AvgIpc) is 3.24. The van der Waals surface area contributed by atoms with E-state index in [4.69, 9.17) is 9.47 Å². The number of anilines is 1. The van der Waals surface area contributed by atoms with Crippen molar-refractivity contribution in [3.8, 4) is 11.5 Å². The third-order valence-corrected chi connectivity index (χ3v) is 5.38. The number of rotatable bonds is 7. The van der Waals surface area contributed by atoms with Gasteiger partial charge in [0.15, 0.2) is 6.10 Å². The lowest BCUT2D eigenvalue weighted by molar-refractivity contribution is -0.122. The Morgan fingerprint density at radius 2 is 1.84 bits per heavy atom. The first kappa shape index (κ1) is 21.4. The first-order valence-corrected chi connectivity index (χ1v) is 10.6. The van der Waals surface area contributed by atoms with E-state index in [0.29, 0.717) is 30.8 Å². The molecule has 1 aliphatic heterocycles. The van der Waals surface area contributed by atoms with Crippen molar-refractivity contribution in [2.24, 2.45) is 0 Å². The van der Waals surface area contributed by atoms with Crippen LogP contribution in [-0.2, 0) is 11.2 Å². The van der Waals surface area contributed by atoms with Gasteiger partial charge < -0.3 is 19.7 Å². The number of aryl methyl sites for hydroxylation is 1. The van der Waals surface area contributed by atoms with Crippen molar-refractivity contribution in [1.29, 1.82) is 0 Å². The highest BCUT2D eigenvalue weighted by molar-refractivity contribution is 5.98. The van der Waals surface area contributed by atoms with Gasteiger partial charge in [0, 0.05) is 24.7 Å². The fourth-order valence-electron chi connectivity index (χ4n) is 3.54. The van der Waals surface area contributed by atoms with Crippen LogP contribution in [-0.4, -0.2) is 43.0 Å². The molecule has 6 heteroatoms. The molecule has 0 radical (unpaired) electrons. The normalized spacial score (nSPS) is 14.2. The maximum atomic E-state index is 12.8. The minimum absolute atomic E-state index is 0.141. The number of carbonyl (C=O) groups excluding carboxylic acids is 2. The Labute approximate surface area is 187 Å². The monoisotopic (exact) mass is 430 g/mol. The van der Waals surface area contributed by atoms with E-state index in [9.17, 15) is 9.59 Å². The van der Waals surface area contributed by atoms with Crippen LogP contribution in [0.5, 0.6) is 11.5 Å². The second-order valence-corrected chi connectivity index (χ2v) is 7.88. The van der Waals surface area contributed by atoms with E-state index in [1.165, 1.54) is 5.56 Å². The quantitative estimate of drug-likeness (QED) is 0.613. The van der Waals surface area contributed by atoms with Gasteiger partial charge in [-0.3, -0.25) is 9.59 Å². The van der Waals surface area contributed by atoms with Crippen molar-refractivity contribution in [3.05, 3.63) is 89.5 Å². The summed E-state index contributed by atoms with van der Waals surface area (Å²) in [5.41, 5.74) is 3.24. The van der Waals surface area contributed by atoms with Crippen LogP contribution >= 0.6 is 0 Å². The summed E-state index contributed by atoms with van der Waals surface area (Å²) >= 11 is 0. The molecule has 1 unspecified atom stereocenters. The van der Waals surface area contributed by atoms with Gasteiger partial charge in [-0.15, -0.1) is 0 Å². The molecule has 32 heavy (non-hydrogen) atoms. The van der Waals surface area contributed by atoms with Crippen molar-refractivity contribution >= 4 is 17.5 Å². The van der Waals surface area contributed by atoms with Crippen LogP contribution in [0.3, 0.4) is 0 Å². The number of benzene rings is 3. The number of nitrogens with zero attached hydrogens (tertiary/aromatic N) is 1. The maximum absolute atomic E-state index is 12.8. The van der Waals surface area contributed by atoms with Crippen LogP contribution in [0.2, 0.25) is 0 Å². The SMILES string of the molecule is Cc1ccc(OCCN(C)C(=O)c2cccc(NC(=O)C3Cc4ccccc4O3)c2)cc1. The van der Waals surface area contributed by atoms with Crippen molar-refractivity contribution in [3.63, 3.8) is 0 Å². The number of hydrogen-bond acceptors (Lipinski definition) is 4. The second kappa shape index (κ2) is 9.56. The molecule has 6 nitrogen and oxygen atoms in total. The Morgan fingerprint density at radius 1 is 1.06 bits per heavy atom. The van der Waals surface area contributed by atoms with E-state index in [-0.39, 0.29) is 11.8 Å². The number of likely N-dealkylation sites (N-methyl/N-ethyl adjacent to an activating group) is 1. The van der Waals surface area contributed by atoms with Gasteiger partial charge in [0.05, 0.1) is 6.54 Å². The molecule has 0 spiro atoms. The minimum atomic E-state index is -0.576. The Kier molecular flexibility index (Phi) is 6.40. The summed E-state index contributed by atoms with van der Waals surface area (Å²) in [5.74, 6) is 1.15. The molecule has 0 saturated carbocycles. The standard InChI is InChI=1S/C26H26N2O4/c1-18-10-12-22(13-11-18)31-15-14-28(2)26(30)20-7-5-8-21(16-20)27-25(29)24-17-19-6-3-4-9-23(19)32-24/h3-13,16,24H,14-15,17H2,1-2H3,(H,27,29). The summed E-state index contributed by atoms with van der Waals surface area (Å²) < 4.78 is 11.5. The fourth-order valence-corrected chi connectivity index (χ4v) is 3.54. The molecule has 0 saturated heterocycles. The van der Waals surface area contributed by atoms with E-state index in [1.54, 1.807) is 36.2 Å². The molecule has 1 N–H and O–H groups in total. The van der Waals surface area contributed by atoms with Crippen molar-refractivity contribution in [1.82, 2.24) is 4.90 Å². The zero-order valence-electron chi connectivity index (χ0n) is 18.2. The largest absolute Gasteiger partial charge is 0.492 e. The maximum Gasteiger partial charge on any atom is 0.265 e. The molecule has 0 bridgehead atoms. The third-order valence-electron chi connectivity index (χ3n) is 5.38. The first-order chi connectivity index (χ1) is 15.5. The summed E-state index contributed by atoms with van der Waals surface area (Å²) in [5, 5.41) is 2.86. The molecule has 3 aromatic rings. The zero-order valence-corrected chi connectivity index (χ0v) is 18.2. The van der Waals surface area contributed by atoms with E-state index < -0.39 is 6.10 Å². The highest BCUT2D eigenvalue weighted by Crippen LogP contribution is 2.28. The molecule has 164 valence electrons. The van der Waals surface area contributed by atoms with Crippen molar-refractivity contribution < 1.29 is 19.1 Å². The van der Waals surface area contributed by atoms with Gasteiger partial charge in [-0.2, -0.15) is 0 Å². The lowest BCUT2D eigenvalue weighted by Gasteiger charge is -2.18. The second-order valence-electron chi connectivity index (χ2n) is 7.88.